The van der Waals surface area contributed by atoms with Gasteiger partial charge in [-0.2, -0.15) is 0 Å². The fourth-order valence-electron chi connectivity index (χ4n) is 4.08. The van der Waals surface area contributed by atoms with Gasteiger partial charge in [0.25, 0.3) is 0 Å². The summed E-state index contributed by atoms with van der Waals surface area (Å²) in [5, 5.41) is 5.95. The van der Waals surface area contributed by atoms with E-state index in [9.17, 15) is 9.59 Å². The summed E-state index contributed by atoms with van der Waals surface area (Å²) in [6.07, 6.45) is 6.93. The molecule has 132 valence electrons. The Labute approximate surface area is 139 Å². The summed E-state index contributed by atoms with van der Waals surface area (Å²) in [5.74, 6) is 0.384. The fraction of sp³-hybridized carbons (Fsp3) is 0.882. The summed E-state index contributed by atoms with van der Waals surface area (Å²) >= 11 is 0. The van der Waals surface area contributed by atoms with E-state index >= 15 is 0 Å². The molecule has 1 aliphatic heterocycles. The van der Waals surface area contributed by atoms with Gasteiger partial charge >= 0.3 is 6.03 Å². The highest BCUT2D eigenvalue weighted by Gasteiger charge is 2.47. The number of hydrogen-bond acceptors (Lipinski definition) is 3. The molecule has 2 rings (SSSR count). The van der Waals surface area contributed by atoms with Gasteiger partial charge in [0.15, 0.2) is 0 Å². The maximum atomic E-state index is 12.4. The van der Waals surface area contributed by atoms with Crippen molar-refractivity contribution >= 4 is 11.9 Å². The molecule has 6 heteroatoms. The van der Waals surface area contributed by atoms with E-state index < -0.39 is 0 Å². The normalized spacial score (nSPS) is 23.0. The van der Waals surface area contributed by atoms with E-state index in [0.717, 1.165) is 19.5 Å². The molecule has 1 saturated carbocycles. The Bertz CT molecular complexity index is 408. The van der Waals surface area contributed by atoms with Gasteiger partial charge in [0, 0.05) is 52.7 Å². The monoisotopic (exact) mass is 325 g/mol. The Balaban J connectivity index is 1.92. The molecule has 1 aliphatic carbocycles. The van der Waals surface area contributed by atoms with Crippen LogP contribution in [0.1, 0.15) is 45.4 Å². The zero-order valence-corrected chi connectivity index (χ0v) is 14.5. The van der Waals surface area contributed by atoms with Gasteiger partial charge in [0.05, 0.1) is 0 Å². The molecule has 1 heterocycles. The first kappa shape index (κ1) is 18.0. The van der Waals surface area contributed by atoms with Gasteiger partial charge in [-0.25, -0.2) is 4.79 Å². The van der Waals surface area contributed by atoms with Crippen LogP contribution in [0.15, 0.2) is 0 Å². The van der Waals surface area contributed by atoms with Crippen LogP contribution in [-0.2, 0) is 9.53 Å². The standard InChI is InChI=1S/C17H31N3O3/c1-14(21)19-11-15-12-20(16(22)18-9-6-10-23-2)13-17(15)7-4-3-5-8-17/h15H,3-13H2,1-2H3,(H,18,22)(H,19,21). The van der Waals surface area contributed by atoms with Crippen LogP contribution in [0.4, 0.5) is 4.79 Å². The van der Waals surface area contributed by atoms with Gasteiger partial charge in [-0.05, 0) is 24.7 Å². The zero-order chi connectivity index (χ0) is 16.7. The molecule has 0 aromatic rings. The van der Waals surface area contributed by atoms with Crippen LogP contribution < -0.4 is 10.6 Å². The number of amides is 3. The van der Waals surface area contributed by atoms with Crippen LogP contribution in [0, 0.1) is 11.3 Å². The van der Waals surface area contributed by atoms with Crippen molar-refractivity contribution < 1.29 is 14.3 Å². The highest BCUT2D eigenvalue weighted by molar-refractivity contribution is 5.75. The minimum atomic E-state index is 0.0124. The van der Waals surface area contributed by atoms with Gasteiger partial charge in [0.2, 0.25) is 5.91 Å². The first-order valence-corrected chi connectivity index (χ1v) is 8.83. The topological polar surface area (TPSA) is 70.7 Å². The first-order valence-electron chi connectivity index (χ1n) is 8.83. The van der Waals surface area contributed by atoms with E-state index in [-0.39, 0.29) is 17.4 Å². The van der Waals surface area contributed by atoms with Gasteiger partial charge < -0.3 is 20.3 Å². The summed E-state index contributed by atoms with van der Waals surface area (Å²) in [5.41, 5.74) is 0.199. The van der Waals surface area contributed by atoms with E-state index in [1.54, 1.807) is 14.0 Å². The van der Waals surface area contributed by atoms with Crippen molar-refractivity contribution in [2.24, 2.45) is 11.3 Å². The lowest BCUT2D eigenvalue weighted by Crippen LogP contribution is -2.40. The smallest absolute Gasteiger partial charge is 0.317 e. The van der Waals surface area contributed by atoms with Crippen molar-refractivity contribution in [1.82, 2.24) is 15.5 Å². The molecule has 0 radical (unpaired) electrons. The molecule has 6 nitrogen and oxygen atoms in total. The number of methoxy groups -OCH3 is 1. The second-order valence-electron chi connectivity index (χ2n) is 7.02. The minimum Gasteiger partial charge on any atom is -0.385 e. The maximum Gasteiger partial charge on any atom is 0.317 e. The van der Waals surface area contributed by atoms with Crippen LogP contribution >= 0.6 is 0 Å². The third-order valence-corrected chi connectivity index (χ3v) is 5.35. The number of carbonyl (C=O) groups is 2. The molecular formula is C17H31N3O3. The lowest BCUT2D eigenvalue weighted by atomic mass is 9.68. The third-order valence-electron chi connectivity index (χ3n) is 5.35. The average Bonchev–Trinajstić information content (AvgIpc) is 2.88. The Morgan fingerprint density at radius 1 is 1.22 bits per heavy atom. The first-order chi connectivity index (χ1) is 11.1. The molecular weight excluding hydrogens is 294 g/mol. The molecule has 2 N–H and O–H groups in total. The SMILES string of the molecule is COCCCNC(=O)N1CC(CNC(C)=O)C2(CCCCC2)C1. The summed E-state index contributed by atoms with van der Waals surface area (Å²) < 4.78 is 5.01. The summed E-state index contributed by atoms with van der Waals surface area (Å²) in [4.78, 5) is 25.6. The molecule has 1 atom stereocenters. The Morgan fingerprint density at radius 3 is 2.61 bits per heavy atom. The van der Waals surface area contributed by atoms with Gasteiger partial charge in [-0.3, -0.25) is 4.79 Å². The van der Waals surface area contributed by atoms with Crippen LogP contribution in [0.2, 0.25) is 0 Å². The predicted octanol–water partition coefficient (Wildman–Crippen LogP) is 1.75. The summed E-state index contributed by atoms with van der Waals surface area (Å²) in [6, 6.07) is 0.0244. The zero-order valence-electron chi connectivity index (χ0n) is 14.5. The molecule has 23 heavy (non-hydrogen) atoms. The number of ether oxygens (including phenoxy) is 1. The van der Waals surface area contributed by atoms with Crippen LogP contribution in [0.5, 0.6) is 0 Å². The van der Waals surface area contributed by atoms with Crippen molar-refractivity contribution in [3.8, 4) is 0 Å². The van der Waals surface area contributed by atoms with E-state index in [1.165, 1.54) is 32.1 Å². The predicted molar refractivity (Wildman–Crippen MR) is 89.2 cm³/mol. The number of hydrogen-bond donors (Lipinski definition) is 2. The lowest BCUT2D eigenvalue weighted by Gasteiger charge is -2.38. The second-order valence-corrected chi connectivity index (χ2v) is 7.02. The number of urea groups is 1. The van der Waals surface area contributed by atoms with Crippen molar-refractivity contribution in [2.75, 3.05) is 39.9 Å². The van der Waals surface area contributed by atoms with Crippen molar-refractivity contribution in [1.29, 1.82) is 0 Å². The fourth-order valence-corrected chi connectivity index (χ4v) is 4.08. The van der Waals surface area contributed by atoms with Crippen LogP contribution in [0.3, 0.4) is 0 Å². The van der Waals surface area contributed by atoms with E-state index in [4.69, 9.17) is 4.74 Å². The molecule has 1 spiro atoms. The van der Waals surface area contributed by atoms with E-state index in [1.807, 2.05) is 4.90 Å². The number of nitrogens with one attached hydrogen (secondary N) is 2. The number of carbonyl (C=O) groups excluding carboxylic acids is 2. The second kappa shape index (κ2) is 8.52. The molecule has 1 saturated heterocycles. The Kier molecular flexibility index (Phi) is 6.69. The summed E-state index contributed by atoms with van der Waals surface area (Å²) in [6.45, 7) is 5.12. The molecule has 0 aromatic carbocycles. The molecule has 2 aliphatic rings. The largest absolute Gasteiger partial charge is 0.385 e. The highest BCUT2D eigenvalue weighted by Crippen LogP contribution is 2.47. The minimum absolute atomic E-state index is 0.0124. The maximum absolute atomic E-state index is 12.4. The molecule has 0 bridgehead atoms. The average molecular weight is 325 g/mol. The number of nitrogens with zero attached hydrogens (tertiary/aromatic N) is 1. The molecule has 0 aromatic heterocycles. The number of likely N-dealkylation sites (tertiary alicyclic amines) is 1. The number of rotatable bonds is 6. The van der Waals surface area contributed by atoms with E-state index in [2.05, 4.69) is 10.6 Å². The Morgan fingerprint density at radius 2 is 1.96 bits per heavy atom. The summed E-state index contributed by atoms with van der Waals surface area (Å²) in [7, 11) is 1.67. The lowest BCUT2D eigenvalue weighted by molar-refractivity contribution is -0.119. The quantitative estimate of drug-likeness (QED) is 0.731. The Hall–Kier alpha value is -1.30. The van der Waals surface area contributed by atoms with Crippen molar-refractivity contribution in [2.45, 2.75) is 45.4 Å². The van der Waals surface area contributed by atoms with Crippen LogP contribution in [-0.4, -0.2) is 56.7 Å². The molecule has 3 amide bonds. The van der Waals surface area contributed by atoms with Crippen molar-refractivity contribution in [3.05, 3.63) is 0 Å². The molecule has 1 unspecified atom stereocenters. The van der Waals surface area contributed by atoms with Gasteiger partial charge in [-0.15, -0.1) is 0 Å². The molecule has 2 fully saturated rings. The van der Waals surface area contributed by atoms with Gasteiger partial charge in [-0.1, -0.05) is 19.3 Å². The highest BCUT2D eigenvalue weighted by atomic mass is 16.5. The van der Waals surface area contributed by atoms with Crippen LogP contribution in [0.25, 0.3) is 0 Å². The van der Waals surface area contributed by atoms with Gasteiger partial charge in [0.1, 0.15) is 0 Å². The van der Waals surface area contributed by atoms with Crippen molar-refractivity contribution in [3.63, 3.8) is 0 Å². The third kappa shape index (κ3) is 4.83. The van der Waals surface area contributed by atoms with E-state index in [0.29, 0.717) is 25.6 Å².